The summed E-state index contributed by atoms with van der Waals surface area (Å²) in [5, 5.41) is 8.86. The van der Waals surface area contributed by atoms with Crippen LogP contribution in [0.25, 0.3) is 0 Å². The van der Waals surface area contributed by atoms with Crippen LogP contribution < -0.4 is 0 Å². The Morgan fingerprint density at radius 2 is 2.14 bits per heavy atom. The van der Waals surface area contributed by atoms with Crippen LogP contribution in [0.15, 0.2) is 23.4 Å². The van der Waals surface area contributed by atoms with E-state index in [9.17, 15) is 4.79 Å². The molecule has 1 atom stereocenters. The second kappa shape index (κ2) is 4.42. The number of carbonyl (C=O) groups excluding carboxylic acids is 1. The quantitative estimate of drug-likeness (QED) is 0.721. The van der Waals surface area contributed by atoms with E-state index in [1.54, 1.807) is 4.90 Å². The van der Waals surface area contributed by atoms with E-state index in [2.05, 4.69) is 0 Å². The maximum Gasteiger partial charge on any atom is 0.233 e. The van der Waals surface area contributed by atoms with Crippen LogP contribution >= 0.6 is 0 Å². The Balaban J connectivity index is 2.96. The van der Waals surface area contributed by atoms with Crippen LogP contribution in [-0.4, -0.2) is 29.1 Å². The molecular formula is C11H17NO2. The SMILES string of the molecule is CC1=C[C@@H](C)C(=O)N(CCO)C(C)=C1. The van der Waals surface area contributed by atoms with Crippen molar-refractivity contribution in [2.75, 3.05) is 13.2 Å². The van der Waals surface area contributed by atoms with Gasteiger partial charge in [-0.05, 0) is 19.9 Å². The molecule has 1 rings (SSSR count). The second-order valence-corrected chi connectivity index (χ2v) is 3.70. The molecule has 3 heteroatoms. The number of carbonyl (C=O) groups is 1. The zero-order valence-electron chi connectivity index (χ0n) is 8.95. The van der Waals surface area contributed by atoms with E-state index in [1.807, 2.05) is 32.9 Å². The van der Waals surface area contributed by atoms with Crippen molar-refractivity contribution in [2.45, 2.75) is 20.8 Å². The largest absolute Gasteiger partial charge is 0.395 e. The average molecular weight is 195 g/mol. The Hall–Kier alpha value is -1.09. The Kier molecular flexibility index (Phi) is 3.47. The fourth-order valence-electron chi connectivity index (χ4n) is 1.73. The molecule has 0 fully saturated rings. The maximum absolute atomic E-state index is 11.8. The Labute approximate surface area is 84.7 Å². The van der Waals surface area contributed by atoms with Gasteiger partial charge in [0, 0.05) is 12.2 Å². The van der Waals surface area contributed by atoms with Gasteiger partial charge in [0.15, 0.2) is 0 Å². The van der Waals surface area contributed by atoms with Crippen molar-refractivity contribution in [3.8, 4) is 0 Å². The highest BCUT2D eigenvalue weighted by Crippen LogP contribution is 2.18. The van der Waals surface area contributed by atoms with Crippen LogP contribution in [0.4, 0.5) is 0 Å². The van der Waals surface area contributed by atoms with Gasteiger partial charge >= 0.3 is 0 Å². The summed E-state index contributed by atoms with van der Waals surface area (Å²) in [6, 6.07) is 0. The molecule has 1 aliphatic rings. The van der Waals surface area contributed by atoms with Gasteiger partial charge in [0.1, 0.15) is 0 Å². The minimum absolute atomic E-state index is 0.00267. The van der Waals surface area contributed by atoms with Gasteiger partial charge in [0.25, 0.3) is 0 Å². The molecule has 0 bridgehead atoms. The number of allylic oxidation sites excluding steroid dienone is 3. The fourth-order valence-corrected chi connectivity index (χ4v) is 1.73. The number of hydrogen-bond donors (Lipinski definition) is 1. The minimum Gasteiger partial charge on any atom is -0.395 e. The summed E-state index contributed by atoms with van der Waals surface area (Å²) in [6.07, 6.45) is 3.92. The first kappa shape index (κ1) is 11.0. The van der Waals surface area contributed by atoms with Crippen LogP contribution in [0, 0.1) is 5.92 Å². The molecule has 1 N–H and O–H groups in total. The highest BCUT2D eigenvalue weighted by molar-refractivity contribution is 5.82. The molecule has 3 nitrogen and oxygen atoms in total. The molecule has 0 aromatic carbocycles. The van der Waals surface area contributed by atoms with E-state index in [0.29, 0.717) is 6.54 Å². The third-order valence-electron chi connectivity index (χ3n) is 2.35. The molecule has 0 aliphatic carbocycles. The lowest BCUT2D eigenvalue weighted by atomic mass is 10.1. The van der Waals surface area contributed by atoms with E-state index in [4.69, 9.17) is 5.11 Å². The van der Waals surface area contributed by atoms with E-state index >= 15 is 0 Å². The van der Waals surface area contributed by atoms with E-state index < -0.39 is 0 Å². The first-order chi connectivity index (χ1) is 6.56. The normalized spacial score (nSPS) is 23.0. The minimum atomic E-state index is -0.102. The smallest absolute Gasteiger partial charge is 0.233 e. The molecule has 14 heavy (non-hydrogen) atoms. The third kappa shape index (κ3) is 2.23. The molecule has 1 aliphatic heterocycles. The van der Waals surface area contributed by atoms with Crippen LogP contribution in [-0.2, 0) is 4.79 Å². The molecule has 0 radical (unpaired) electrons. The summed E-state index contributed by atoms with van der Waals surface area (Å²) in [7, 11) is 0. The number of aliphatic hydroxyl groups excluding tert-OH is 1. The van der Waals surface area contributed by atoms with Crippen molar-refractivity contribution in [3.05, 3.63) is 23.4 Å². The monoisotopic (exact) mass is 195 g/mol. The van der Waals surface area contributed by atoms with E-state index in [1.165, 1.54) is 0 Å². The van der Waals surface area contributed by atoms with Crippen LogP contribution in [0.1, 0.15) is 20.8 Å². The van der Waals surface area contributed by atoms with Gasteiger partial charge in [0.05, 0.1) is 12.5 Å². The Morgan fingerprint density at radius 3 is 2.71 bits per heavy atom. The van der Waals surface area contributed by atoms with Crippen LogP contribution in [0.5, 0.6) is 0 Å². The number of nitrogens with zero attached hydrogens (tertiary/aromatic N) is 1. The number of hydrogen-bond acceptors (Lipinski definition) is 2. The van der Waals surface area contributed by atoms with Gasteiger partial charge in [-0.25, -0.2) is 0 Å². The van der Waals surface area contributed by atoms with Crippen molar-refractivity contribution in [1.82, 2.24) is 4.90 Å². The molecule has 0 aromatic rings. The van der Waals surface area contributed by atoms with Crippen LogP contribution in [0.2, 0.25) is 0 Å². The summed E-state index contributed by atoms with van der Waals surface area (Å²) >= 11 is 0. The van der Waals surface area contributed by atoms with E-state index in [-0.39, 0.29) is 18.4 Å². The lowest BCUT2D eigenvalue weighted by Gasteiger charge is -2.23. The molecule has 0 spiro atoms. The first-order valence-corrected chi connectivity index (χ1v) is 4.85. The summed E-state index contributed by atoms with van der Waals surface area (Å²) in [5.74, 6) is -0.0418. The molecule has 0 saturated carbocycles. The molecule has 78 valence electrons. The lowest BCUT2D eigenvalue weighted by molar-refractivity contribution is -0.131. The zero-order valence-corrected chi connectivity index (χ0v) is 8.95. The molecule has 1 heterocycles. The standard InChI is InChI=1S/C11H17NO2/c1-8-6-9(2)11(14)12(4-5-13)10(3)7-8/h6-7,9,13H,4-5H2,1-3H3/t9-/m1/s1. The predicted octanol–water partition coefficient (Wildman–Crippen LogP) is 1.31. The number of β-amino-alcohol motifs (C(OH)–C–C–N with tert-alkyl or cyclic N) is 1. The fraction of sp³-hybridized carbons (Fsp3) is 0.545. The van der Waals surface area contributed by atoms with Gasteiger partial charge in [-0.15, -0.1) is 0 Å². The van der Waals surface area contributed by atoms with Crippen molar-refractivity contribution in [3.63, 3.8) is 0 Å². The maximum atomic E-state index is 11.8. The van der Waals surface area contributed by atoms with Crippen LogP contribution in [0.3, 0.4) is 0 Å². The second-order valence-electron chi connectivity index (χ2n) is 3.70. The molecular weight excluding hydrogens is 178 g/mol. The average Bonchev–Trinajstić information content (AvgIpc) is 2.18. The van der Waals surface area contributed by atoms with Gasteiger partial charge < -0.3 is 10.0 Å². The highest BCUT2D eigenvalue weighted by Gasteiger charge is 2.21. The number of aliphatic hydroxyl groups is 1. The van der Waals surface area contributed by atoms with Crippen molar-refractivity contribution < 1.29 is 9.90 Å². The Morgan fingerprint density at radius 1 is 1.50 bits per heavy atom. The van der Waals surface area contributed by atoms with Gasteiger partial charge in [-0.3, -0.25) is 4.79 Å². The first-order valence-electron chi connectivity index (χ1n) is 4.85. The van der Waals surface area contributed by atoms with Gasteiger partial charge in [-0.1, -0.05) is 18.6 Å². The van der Waals surface area contributed by atoms with Gasteiger partial charge in [-0.2, -0.15) is 0 Å². The third-order valence-corrected chi connectivity index (χ3v) is 2.35. The summed E-state index contributed by atoms with van der Waals surface area (Å²) in [6.45, 7) is 6.14. The molecule has 0 unspecified atom stereocenters. The predicted molar refractivity (Wildman–Crippen MR) is 55.5 cm³/mol. The summed E-state index contributed by atoms with van der Waals surface area (Å²) in [4.78, 5) is 13.5. The molecule has 0 saturated heterocycles. The van der Waals surface area contributed by atoms with E-state index in [0.717, 1.165) is 11.3 Å². The molecule has 0 aromatic heterocycles. The van der Waals surface area contributed by atoms with Crippen molar-refractivity contribution in [2.24, 2.45) is 5.92 Å². The molecule has 1 amide bonds. The lowest BCUT2D eigenvalue weighted by Crippen LogP contribution is -2.34. The Bertz CT molecular complexity index is 292. The summed E-state index contributed by atoms with van der Waals surface area (Å²) in [5.41, 5.74) is 2.01. The van der Waals surface area contributed by atoms with Crippen molar-refractivity contribution in [1.29, 1.82) is 0 Å². The number of amides is 1. The number of rotatable bonds is 2. The van der Waals surface area contributed by atoms with Gasteiger partial charge in [0.2, 0.25) is 5.91 Å². The van der Waals surface area contributed by atoms with Crippen molar-refractivity contribution >= 4 is 5.91 Å². The topological polar surface area (TPSA) is 40.5 Å². The summed E-state index contributed by atoms with van der Waals surface area (Å²) < 4.78 is 0. The highest BCUT2D eigenvalue weighted by atomic mass is 16.3. The zero-order chi connectivity index (χ0) is 10.7.